The molecule has 0 radical (unpaired) electrons. The summed E-state index contributed by atoms with van der Waals surface area (Å²) < 4.78 is 26.2. The van der Waals surface area contributed by atoms with E-state index in [-0.39, 0.29) is 10.8 Å². The first-order valence-electron chi connectivity index (χ1n) is 4.07. The third-order valence-electron chi connectivity index (χ3n) is 1.62. The zero-order valence-corrected chi connectivity index (χ0v) is 10.2. The number of nitrogens with one attached hydrogen (secondary N) is 2. The molecule has 0 aliphatic heterocycles. The van der Waals surface area contributed by atoms with Crippen LogP contribution in [0.1, 0.15) is 0 Å². The van der Waals surface area contributed by atoms with Gasteiger partial charge in [-0.2, -0.15) is 8.42 Å². The van der Waals surface area contributed by atoms with E-state index in [2.05, 4.69) is 40.6 Å². The van der Waals surface area contributed by atoms with Gasteiger partial charge in [0.15, 0.2) is 10.8 Å². The van der Waals surface area contributed by atoms with Gasteiger partial charge in [-0.1, -0.05) is 0 Å². The van der Waals surface area contributed by atoms with Crippen LogP contribution in [0.3, 0.4) is 0 Å². The van der Waals surface area contributed by atoms with Crippen LogP contribution in [0.2, 0.25) is 0 Å². The predicted molar refractivity (Wildman–Crippen MR) is 59.1 cm³/mol. The average Bonchev–Trinajstić information content (AvgIpc) is 2.75. The van der Waals surface area contributed by atoms with E-state index in [0.29, 0.717) is 4.60 Å². The van der Waals surface area contributed by atoms with Gasteiger partial charge in [0.2, 0.25) is 0 Å². The number of aromatic nitrogens is 4. The van der Waals surface area contributed by atoms with Crippen molar-refractivity contribution in [2.24, 2.45) is 0 Å². The second-order valence-electron chi connectivity index (χ2n) is 2.75. The van der Waals surface area contributed by atoms with Crippen molar-refractivity contribution >= 4 is 31.8 Å². The van der Waals surface area contributed by atoms with E-state index in [1.54, 1.807) is 0 Å². The van der Waals surface area contributed by atoms with Crippen molar-refractivity contribution in [3.8, 4) is 0 Å². The lowest BCUT2D eigenvalue weighted by Crippen LogP contribution is -2.14. The molecule has 0 aliphatic rings. The summed E-state index contributed by atoms with van der Waals surface area (Å²) in [7, 11) is -3.67. The Kier molecular flexibility index (Phi) is 2.88. The molecule has 16 heavy (non-hydrogen) atoms. The quantitative estimate of drug-likeness (QED) is 0.872. The number of H-pyrrole nitrogens is 1. The largest absolute Gasteiger partial charge is 0.334 e. The number of nitrogens with zero attached hydrogens (tertiary/aromatic N) is 3. The first-order valence-corrected chi connectivity index (χ1v) is 6.34. The van der Waals surface area contributed by atoms with Gasteiger partial charge < -0.3 is 4.98 Å². The molecule has 84 valence electrons. The third kappa shape index (κ3) is 2.36. The maximum Gasteiger partial charge on any atom is 0.280 e. The summed E-state index contributed by atoms with van der Waals surface area (Å²) in [6, 6.07) is 0. The highest BCUT2D eigenvalue weighted by Crippen LogP contribution is 2.11. The van der Waals surface area contributed by atoms with Crippen molar-refractivity contribution in [3.05, 3.63) is 29.5 Å². The van der Waals surface area contributed by atoms with Gasteiger partial charge in [0, 0.05) is 0 Å². The van der Waals surface area contributed by atoms with E-state index >= 15 is 0 Å². The Labute approximate surface area is 99.5 Å². The van der Waals surface area contributed by atoms with Gasteiger partial charge in [0.1, 0.15) is 4.60 Å². The van der Waals surface area contributed by atoms with Gasteiger partial charge in [0.25, 0.3) is 10.0 Å². The van der Waals surface area contributed by atoms with E-state index in [4.69, 9.17) is 0 Å². The van der Waals surface area contributed by atoms with Crippen LogP contribution in [0.15, 0.2) is 34.5 Å². The van der Waals surface area contributed by atoms with Crippen LogP contribution in [-0.4, -0.2) is 28.4 Å². The SMILES string of the molecule is O=S(=O)(Nc1cnc(Br)cn1)c1cnc[nH]1. The van der Waals surface area contributed by atoms with Crippen molar-refractivity contribution in [2.45, 2.75) is 5.03 Å². The molecule has 0 spiro atoms. The fraction of sp³-hybridized carbons (Fsp3) is 0. The molecule has 0 unspecified atom stereocenters. The second-order valence-corrected chi connectivity index (χ2v) is 5.21. The number of aromatic amines is 1. The summed E-state index contributed by atoms with van der Waals surface area (Å²) in [6.45, 7) is 0. The lowest BCUT2D eigenvalue weighted by molar-refractivity contribution is 0.598. The second kappa shape index (κ2) is 4.18. The summed E-state index contributed by atoms with van der Waals surface area (Å²) in [6.07, 6.45) is 5.18. The molecule has 0 amide bonds. The van der Waals surface area contributed by atoms with Gasteiger partial charge in [-0.3, -0.25) is 4.72 Å². The smallest absolute Gasteiger partial charge is 0.280 e. The van der Waals surface area contributed by atoms with Gasteiger partial charge >= 0.3 is 0 Å². The molecule has 2 aromatic heterocycles. The molecule has 0 aliphatic carbocycles. The van der Waals surface area contributed by atoms with Crippen molar-refractivity contribution < 1.29 is 8.42 Å². The van der Waals surface area contributed by atoms with E-state index in [1.807, 2.05) is 0 Å². The standard InChI is InChI=1S/C7H6BrN5O2S/c8-5-1-11-6(2-10-5)13-16(14,15)7-3-9-4-12-7/h1-4H,(H,9,12)(H,11,13). The van der Waals surface area contributed by atoms with Gasteiger partial charge in [-0.25, -0.2) is 15.0 Å². The number of anilines is 1. The Morgan fingerprint density at radius 1 is 1.25 bits per heavy atom. The molecule has 9 heteroatoms. The van der Waals surface area contributed by atoms with E-state index in [9.17, 15) is 8.42 Å². The third-order valence-corrected chi connectivity index (χ3v) is 3.31. The summed E-state index contributed by atoms with van der Waals surface area (Å²) >= 11 is 3.10. The molecule has 0 saturated carbocycles. The fourth-order valence-electron chi connectivity index (χ4n) is 0.948. The number of hydrogen-bond donors (Lipinski definition) is 2. The molecule has 0 fully saturated rings. The van der Waals surface area contributed by atoms with Crippen LogP contribution in [-0.2, 0) is 10.0 Å². The van der Waals surface area contributed by atoms with E-state index < -0.39 is 10.0 Å². The number of hydrogen-bond acceptors (Lipinski definition) is 5. The highest BCUT2D eigenvalue weighted by Gasteiger charge is 2.16. The number of sulfonamides is 1. The van der Waals surface area contributed by atoms with Crippen LogP contribution in [0, 0.1) is 0 Å². The number of halogens is 1. The monoisotopic (exact) mass is 303 g/mol. The lowest BCUT2D eigenvalue weighted by atomic mass is 10.7. The zero-order valence-electron chi connectivity index (χ0n) is 7.75. The van der Waals surface area contributed by atoms with Crippen molar-refractivity contribution in [2.75, 3.05) is 4.72 Å². The molecule has 0 bridgehead atoms. The molecule has 2 N–H and O–H groups in total. The lowest BCUT2D eigenvalue weighted by Gasteiger charge is -2.03. The highest BCUT2D eigenvalue weighted by atomic mass is 79.9. The Bertz CT molecular complexity index is 565. The van der Waals surface area contributed by atoms with Gasteiger partial charge in [0.05, 0.1) is 24.9 Å². The molecule has 0 aromatic carbocycles. The number of rotatable bonds is 3. The normalized spacial score (nSPS) is 11.3. The van der Waals surface area contributed by atoms with Crippen molar-refractivity contribution in [1.82, 2.24) is 19.9 Å². The minimum Gasteiger partial charge on any atom is -0.334 e. The summed E-state index contributed by atoms with van der Waals surface area (Å²) in [5.41, 5.74) is 0. The molecule has 0 atom stereocenters. The molecular formula is C7H6BrN5O2S. The molecular weight excluding hydrogens is 298 g/mol. The summed E-state index contributed by atoms with van der Waals surface area (Å²) in [4.78, 5) is 13.8. The maximum atomic E-state index is 11.7. The van der Waals surface area contributed by atoms with Crippen LogP contribution in [0.25, 0.3) is 0 Å². The summed E-state index contributed by atoms with van der Waals surface area (Å²) in [5.74, 6) is 0.137. The van der Waals surface area contributed by atoms with Crippen LogP contribution >= 0.6 is 15.9 Å². The minimum absolute atomic E-state index is 0.0304. The predicted octanol–water partition coefficient (Wildman–Crippen LogP) is 0.763. The zero-order chi connectivity index (χ0) is 11.6. The highest BCUT2D eigenvalue weighted by molar-refractivity contribution is 9.10. The molecule has 0 saturated heterocycles. The Morgan fingerprint density at radius 2 is 2.06 bits per heavy atom. The van der Waals surface area contributed by atoms with Crippen LogP contribution in [0.5, 0.6) is 0 Å². The molecule has 7 nitrogen and oxygen atoms in total. The minimum atomic E-state index is -3.67. The van der Waals surface area contributed by atoms with Crippen LogP contribution < -0.4 is 4.72 Å². The van der Waals surface area contributed by atoms with E-state index in [0.717, 1.165) is 0 Å². The Balaban J connectivity index is 2.25. The first-order chi connectivity index (χ1) is 7.58. The van der Waals surface area contributed by atoms with Crippen molar-refractivity contribution in [3.63, 3.8) is 0 Å². The van der Waals surface area contributed by atoms with E-state index in [1.165, 1.54) is 24.9 Å². The number of imidazole rings is 1. The molecule has 2 heterocycles. The summed E-state index contributed by atoms with van der Waals surface area (Å²) in [5, 5.41) is -0.0304. The molecule has 2 aromatic rings. The maximum absolute atomic E-state index is 11.7. The topological polar surface area (TPSA) is 101 Å². The molecule has 2 rings (SSSR count). The first kappa shape index (κ1) is 11.0. The van der Waals surface area contributed by atoms with Gasteiger partial charge in [-0.15, -0.1) is 0 Å². The Hall–Kier alpha value is -1.48. The fourth-order valence-corrected chi connectivity index (χ4v) is 2.05. The van der Waals surface area contributed by atoms with Crippen LogP contribution in [0.4, 0.5) is 5.82 Å². The average molecular weight is 304 g/mol. The van der Waals surface area contributed by atoms with Crippen molar-refractivity contribution in [1.29, 1.82) is 0 Å². The Morgan fingerprint density at radius 3 is 2.62 bits per heavy atom. The van der Waals surface area contributed by atoms with Gasteiger partial charge in [-0.05, 0) is 15.9 Å².